The summed E-state index contributed by atoms with van der Waals surface area (Å²) in [6, 6.07) is 15.2. The van der Waals surface area contributed by atoms with Crippen molar-refractivity contribution < 1.29 is 19.1 Å². The lowest BCUT2D eigenvalue weighted by molar-refractivity contribution is -0.137. The number of halogens is 1. The maximum atomic E-state index is 13.1. The third-order valence-electron chi connectivity index (χ3n) is 4.97. The van der Waals surface area contributed by atoms with Crippen molar-refractivity contribution in [3.8, 4) is 0 Å². The fourth-order valence-corrected chi connectivity index (χ4v) is 3.54. The SMILES string of the molecule is O=C(O)CC(NC(=O)CC1CC(c2ccccc2)C1)c1ccc(F)cc1. The van der Waals surface area contributed by atoms with E-state index < -0.39 is 17.8 Å². The number of carboxylic acids is 1. The zero-order chi connectivity index (χ0) is 18.5. The highest BCUT2D eigenvalue weighted by Gasteiger charge is 2.32. The average molecular weight is 355 g/mol. The molecule has 136 valence electrons. The molecule has 1 fully saturated rings. The number of benzene rings is 2. The molecule has 4 nitrogen and oxygen atoms in total. The molecule has 5 heteroatoms. The maximum absolute atomic E-state index is 13.1. The van der Waals surface area contributed by atoms with Crippen molar-refractivity contribution in [2.45, 2.75) is 37.6 Å². The van der Waals surface area contributed by atoms with Gasteiger partial charge in [-0.25, -0.2) is 4.39 Å². The highest BCUT2D eigenvalue weighted by molar-refractivity contribution is 5.78. The Bertz CT molecular complexity index is 755. The van der Waals surface area contributed by atoms with E-state index in [2.05, 4.69) is 17.4 Å². The number of hydrogen-bond donors (Lipinski definition) is 2. The molecule has 1 unspecified atom stereocenters. The van der Waals surface area contributed by atoms with Crippen LogP contribution in [0.15, 0.2) is 54.6 Å². The molecule has 1 amide bonds. The van der Waals surface area contributed by atoms with Crippen LogP contribution in [0.4, 0.5) is 4.39 Å². The second-order valence-electron chi connectivity index (χ2n) is 6.92. The monoisotopic (exact) mass is 355 g/mol. The largest absolute Gasteiger partial charge is 0.481 e. The third kappa shape index (κ3) is 4.69. The van der Waals surface area contributed by atoms with Crippen molar-refractivity contribution in [1.82, 2.24) is 5.32 Å². The molecular formula is C21H22FNO3. The lowest BCUT2D eigenvalue weighted by atomic mass is 9.70. The van der Waals surface area contributed by atoms with E-state index in [-0.39, 0.29) is 12.3 Å². The number of amides is 1. The number of rotatable bonds is 7. The van der Waals surface area contributed by atoms with Crippen LogP contribution < -0.4 is 5.32 Å². The Hall–Kier alpha value is -2.69. The van der Waals surface area contributed by atoms with Gasteiger partial charge in [0.2, 0.25) is 5.91 Å². The first-order valence-electron chi connectivity index (χ1n) is 8.83. The van der Waals surface area contributed by atoms with Gasteiger partial charge < -0.3 is 10.4 Å². The molecule has 0 heterocycles. The smallest absolute Gasteiger partial charge is 0.305 e. The van der Waals surface area contributed by atoms with E-state index >= 15 is 0 Å². The van der Waals surface area contributed by atoms with Crippen LogP contribution >= 0.6 is 0 Å². The predicted octanol–water partition coefficient (Wildman–Crippen LogP) is 4.04. The molecule has 2 aromatic carbocycles. The molecule has 0 saturated heterocycles. The molecule has 1 aliphatic rings. The predicted molar refractivity (Wildman–Crippen MR) is 96.1 cm³/mol. The molecule has 0 spiro atoms. The zero-order valence-electron chi connectivity index (χ0n) is 14.4. The van der Waals surface area contributed by atoms with Crippen LogP contribution in [0.25, 0.3) is 0 Å². The first-order chi connectivity index (χ1) is 12.5. The maximum Gasteiger partial charge on any atom is 0.305 e. The van der Waals surface area contributed by atoms with Gasteiger partial charge in [0.1, 0.15) is 5.82 Å². The van der Waals surface area contributed by atoms with E-state index in [9.17, 15) is 14.0 Å². The standard InChI is InChI=1S/C21H22FNO3/c22-18-8-6-16(7-9-18)19(13-21(25)26)23-20(24)12-14-10-17(11-14)15-4-2-1-3-5-15/h1-9,14,17,19H,10-13H2,(H,23,24)(H,25,26). The van der Waals surface area contributed by atoms with Crippen LogP contribution in [0.3, 0.4) is 0 Å². The molecule has 2 aromatic rings. The quantitative estimate of drug-likeness (QED) is 0.788. The molecule has 1 saturated carbocycles. The molecule has 2 N–H and O–H groups in total. The Morgan fingerprint density at radius 2 is 1.73 bits per heavy atom. The molecule has 0 radical (unpaired) electrons. The fraction of sp³-hybridized carbons (Fsp3) is 0.333. The van der Waals surface area contributed by atoms with Gasteiger partial charge in [0.05, 0.1) is 12.5 Å². The normalized spacial score (nSPS) is 20.0. The summed E-state index contributed by atoms with van der Waals surface area (Å²) in [5.74, 6) is -0.736. The molecule has 0 aliphatic heterocycles. The minimum absolute atomic E-state index is 0.155. The first kappa shape index (κ1) is 18.1. The number of carbonyl (C=O) groups excluding carboxylic acids is 1. The number of carbonyl (C=O) groups is 2. The summed E-state index contributed by atoms with van der Waals surface area (Å²) in [7, 11) is 0. The van der Waals surface area contributed by atoms with Gasteiger partial charge >= 0.3 is 5.97 Å². The van der Waals surface area contributed by atoms with Crippen molar-refractivity contribution >= 4 is 11.9 Å². The van der Waals surface area contributed by atoms with Gasteiger partial charge in [-0.05, 0) is 47.9 Å². The topological polar surface area (TPSA) is 66.4 Å². The summed E-state index contributed by atoms with van der Waals surface area (Å²) in [5.41, 5.74) is 1.90. The summed E-state index contributed by atoms with van der Waals surface area (Å²) in [6.07, 6.45) is 2.10. The van der Waals surface area contributed by atoms with E-state index in [1.807, 2.05) is 18.2 Å². The van der Waals surface area contributed by atoms with E-state index in [4.69, 9.17) is 5.11 Å². The van der Waals surface area contributed by atoms with Gasteiger partial charge in [0.15, 0.2) is 0 Å². The van der Waals surface area contributed by atoms with E-state index in [1.54, 1.807) is 0 Å². The highest BCUT2D eigenvalue weighted by Crippen LogP contribution is 2.43. The molecule has 1 aliphatic carbocycles. The van der Waals surface area contributed by atoms with Gasteiger partial charge in [0, 0.05) is 6.42 Å². The van der Waals surface area contributed by atoms with Crippen molar-refractivity contribution in [1.29, 1.82) is 0 Å². The summed E-state index contributed by atoms with van der Waals surface area (Å²) in [5, 5.41) is 11.9. The molecule has 0 bridgehead atoms. The first-order valence-corrected chi connectivity index (χ1v) is 8.83. The number of aliphatic carboxylic acids is 1. The fourth-order valence-electron chi connectivity index (χ4n) is 3.54. The van der Waals surface area contributed by atoms with Crippen LogP contribution in [-0.4, -0.2) is 17.0 Å². The van der Waals surface area contributed by atoms with Gasteiger partial charge in [-0.1, -0.05) is 42.5 Å². The molecule has 26 heavy (non-hydrogen) atoms. The van der Waals surface area contributed by atoms with Gasteiger partial charge in [-0.3, -0.25) is 9.59 Å². The van der Waals surface area contributed by atoms with Crippen LogP contribution in [0.2, 0.25) is 0 Å². The Morgan fingerprint density at radius 3 is 2.35 bits per heavy atom. The highest BCUT2D eigenvalue weighted by atomic mass is 19.1. The van der Waals surface area contributed by atoms with Gasteiger partial charge in [-0.15, -0.1) is 0 Å². The van der Waals surface area contributed by atoms with Crippen molar-refractivity contribution in [2.24, 2.45) is 5.92 Å². The van der Waals surface area contributed by atoms with E-state index in [1.165, 1.54) is 29.8 Å². The van der Waals surface area contributed by atoms with Gasteiger partial charge in [-0.2, -0.15) is 0 Å². The minimum atomic E-state index is -1.01. The van der Waals surface area contributed by atoms with Crippen LogP contribution in [0.5, 0.6) is 0 Å². The van der Waals surface area contributed by atoms with E-state index in [0.717, 1.165) is 12.8 Å². The minimum Gasteiger partial charge on any atom is -0.481 e. The van der Waals surface area contributed by atoms with E-state index in [0.29, 0.717) is 23.8 Å². The van der Waals surface area contributed by atoms with Crippen LogP contribution in [0, 0.1) is 11.7 Å². The summed E-state index contributed by atoms with van der Waals surface area (Å²) in [4.78, 5) is 23.4. The third-order valence-corrected chi connectivity index (χ3v) is 4.97. The zero-order valence-corrected chi connectivity index (χ0v) is 14.4. The second kappa shape index (κ2) is 8.13. The Morgan fingerprint density at radius 1 is 1.08 bits per heavy atom. The molecular weight excluding hydrogens is 333 g/mol. The number of nitrogens with one attached hydrogen (secondary N) is 1. The number of hydrogen-bond acceptors (Lipinski definition) is 2. The van der Waals surface area contributed by atoms with Crippen molar-refractivity contribution in [3.05, 3.63) is 71.5 Å². The Labute approximate surface area is 152 Å². The molecule has 0 aromatic heterocycles. The average Bonchev–Trinajstić information content (AvgIpc) is 2.58. The Balaban J connectivity index is 1.53. The molecule has 3 rings (SSSR count). The number of carboxylic acid groups (broad SMARTS) is 1. The Kier molecular flexibility index (Phi) is 5.66. The van der Waals surface area contributed by atoms with Gasteiger partial charge in [0.25, 0.3) is 0 Å². The summed E-state index contributed by atoms with van der Waals surface area (Å²) >= 11 is 0. The van der Waals surface area contributed by atoms with Crippen LogP contribution in [-0.2, 0) is 9.59 Å². The van der Waals surface area contributed by atoms with Crippen molar-refractivity contribution in [2.75, 3.05) is 0 Å². The summed E-state index contributed by atoms with van der Waals surface area (Å²) in [6.45, 7) is 0. The lowest BCUT2D eigenvalue weighted by Gasteiger charge is -2.35. The second-order valence-corrected chi connectivity index (χ2v) is 6.92. The summed E-state index contributed by atoms with van der Waals surface area (Å²) < 4.78 is 13.1. The lowest BCUT2D eigenvalue weighted by Crippen LogP contribution is -2.34. The van der Waals surface area contributed by atoms with Crippen molar-refractivity contribution in [3.63, 3.8) is 0 Å². The molecule has 1 atom stereocenters. The van der Waals surface area contributed by atoms with Crippen LogP contribution in [0.1, 0.15) is 48.8 Å².